The summed E-state index contributed by atoms with van der Waals surface area (Å²) in [6.07, 6.45) is 2.15. The van der Waals surface area contributed by atoms with Crippen LogP contribution in [-0.4, -0.2) is 20.3 Å². The Kier molecular flexibility index (Phi) is 3.23. The minimum absolute atomic E-state index is 0.00350. The zero-order valence-electron chi connectivity index (χ0n) is 10.4. The molecule has 1 unspecified atom stereocenters. The fourth-order valence-electron chi connectivity index (χ4n) is 2.41. The average Bonchev–Trinajstić information content (AvgIpc) is 3.08. The number of halogens is 1. The van der Waals surface area contributed by atoms with Gasteiger partial charge in [0.2, 0.25) is 0 Å². The molecule has 1 saturated carbocycles. The van der Waals surface area contributed by atoms with Crippen LogP contribution in [-0.2, 0) is 5.41 Å². The standard InChI is InChI=1S/C13H18ClNO2/c1-8(15)13(4-5-13)10-6-9(14)7-11(16-2)12(10)17-3/h6-8H,4-5,15H2,1-3H3. The van der Waals surface area contributed by atoms with Crippen LogP contribution in [0.15, 0.2) is 12.1 Å². The van der Waals surface area contributed by atoms with Crippen LogP contribution >= 0.6 is 11.6 Å². The van der Waals surface area contributed by atoms with Crippen molar-refractivity contribution in [3.05, 3.63) is 22.7 Å². The number of ether oxygens (including phenoxy) is 2. The Labute approximate surface area is 107 Å². The SMILES string of the molecule is COc1cc(Cl)cc(C2(C(C)N)CC2)c1OC. The van der Waals surface area contributed by atoms with Crippen molar-refractivity contribution >= 4 is 11.6 Å². The van der Waals surface area contributed by atoms with Crippen molar-refractivity contribution in [2.45, 2.75) is 31.2 Å². The molecule has 0 spiro atoms. The molecule has 0 amide bonds. The maximum absolute atomic E-state index is 6.12. The zero-order valence-corrected chi connectivity index (χ0v) is 11.2. The highest BCUT2D eigenvalue weighted by molar-refractivity contribution is 6.30. The van der Waals surface area contributed by atoms with E-state index in [0.29, 0.717) is 10.8 Å². The molecule has 0 radical (unpaired) electrons. The normalized spacial score (nSPS) is 18.6. The highest BCUT2D eigenvalue weighted by Gasteiger charge is 2.49. The Morgan fingerprint density at radius 3 is 2.35 bits per heavy atom. The van der Waals surface area contributed by atoms with Crippen molar-refractivity contribution in [3.63, 3.8) is 0 Å². The molecule has 1 atom stereocenters. The van der Waals surface area contributed by atoms with Gasteiger partial charge in [0.05, 0.1) is 14.2 Å². The minimum atomic E-state index is 0.00350. The number of benzene rings is 1. The van der Waals surface area contributed by atoms with E-state index in [1.165, 1.54) is 0 Å². The van der Waals surface area contributed by atoms with Gasteiger partial charge in [0, 0.05) is 28.1 Å². The summed E-state index contributed by atoms with van der Waals surface area (Å²) in [5, 5.41) is 0.657. The van der Waals surface area contributed by atoms with Crippen LogP contribution in [0.25, 0.3) is 0 Å². The molecule has 1 fully saturated rings. The van der Waals surface area contributed by atoms with E-state index in [4.69, 9.17) is 26.8 Å². The number of hydrogen-bond donors (Lipinski definition) is 1. The Morgan fingerprint density at radius 1 is 1.29 bits per heavy atom. The van der Waals surface area contributed by atoms with E-state index >= 15 is 0 Å². The van der Waals surface area contributed by atoms with Crippen LogP contribution in [0, 0.1) is 0 Å². The molecule has 0 aliphatic heterocycles. The Hall–Kier alpha value is -0.930. The van der Waals surface area contributed by atoms with Crippen molar-refractivity contribution in [2.24, 2.45) is 5.73 Å². The molecule has 3 nitrogen and oxygen atoms in total. The first-order valence-electron chi connectivity index (χ1n) is 5.72. The first kappa shape index (κ1) is 12.5. The summed E-state index contributed by atoms with van der Waals surface area (Å²) >= 11 is 6.12. The summed E-state index contributed by atoms with van der Waals surface area (Å²) in [7, 11) is 3.26. The third kappa shape index (κ3) is 1.98. The zero-order chi connectivity index (χ0) is 12.6. The molecule has 4 heteroatoms. The summed E-state index contributed by atoms with van der Waals surface area (Å²) in [5.41, 5.74) is 7.16. The molecule has 0 heterocycles. The fraction of sp³-hybridized carbons (Fsp3) is 0.538. The van der Waals surface area contributed by atoms with Crippen LogP contribution in [0.5, 0.6) is 11.5 Å². The topological polar surface area (TPSA) is 44.5 Å². The molecule has 1 aromatic rings. The van der Waals surface area contributed by atoms with Gasteiger partial charge in [0.25, 0.3) is 0 Å². The molecule has 1 aliphatic rings. The predicted molar refractivity (Wildman–Crippen MR) is 69.1 cm³/mol. The van der Waals surface area contributed by atoms with Gasteiger partial charge in [-0.3, -0.25) is 0 Å². The molecular formula is C13H18ClNO2. The van der Waals surface area contributed by atoms with Crippen molar-refractivity contribution < 1.29 is 9.47 Å². The lowest BCUT2D eigenvalue weighted by atomic mass is 9.88. The van der Waals surface area contributed by atoms with E-state index in [0.717, 1.165) is 24.2 Å². The molecule has 94 valence electrons. The smallest absolute Gasteiger partial charge is 0.164 e. The van der Waals surface area contributed by atoms with Crippen molar-refractivity contribution in [1.82, 2.24) is 0 Å². The van der Waals surface area contributed by atoms with Crippen LogP contribution < -0.4 is 15.2 Å². The molecule has 1 aliphatic carbocycles. The molecule has 0 bridgehead atoms. The molecular weight excluding hydrogens is 238 g/mol. The highest BCUT2D eigenvalue weighted by atomic mass is 35.5. The van der Waals surface area contributed by atoms with Crippen LogP contribution in [0.3, 0.4) is 0 Å². The third-order valence-electron chi connectivity index (χ3n) is 3.64. The lowest BCUT2D eigenvalue weighted by molar-refractivity contribution is 0.346. The van der Waals surface area contributed by atoms with Gasteiger partial charge in [0.1, 0.15) is 0 Å². The molecule has 1 aromatic carbocycles. The lowest BCUT2D eigenvalue weighted by Crippen LogP contribution is -2.32. The summed E-state index contributed by atoms with van der Waals surface area (Å²) in [6.45, 7) is 2.03. The molecule has 2 rings (SSSR count). The lowest BCUT2D eigenvalue weighted by Gasteiger charge is -2.24. The van der Waals surface area contributed by atoms with Crippen molar-refractivity contribution in [2.75, 3.05) is 14.2 Å². The monoisotopic (exact) mass is 255 g/mol. The van der Waals surface area contributed by atoms with Crippen molar-refractivity contribution in [3.8, 4) is 11.5 Å². The van der Waals surface area contributed by atoms with E-state index in [9.17, 15) is 0 Å². The van der Waals surface area contributed by atoms with Crippen LogP contribution in [0.2, 0.25) is 5.02 Å². The predicted octanol–water partition coefficient (Wildman–Crippen LogP) is 2.74. The number of hydrogen-bond acceptors (Lipinski definition) is 3. The quantitative estimate of drug-likeness (QED) is 0.900. The van der Waals surface area contributed by atoms with Crippen molar-refractivity contribution in [1.29, 1.82) is 0 Å². The maximum Gasteiger partial charge on any atom is 0.164 e. The van der Waals surface area contributed by atoms with Gasteiger partial charge in [0.15, 0.2) is 11.5 Å². The van der Waals surface area contributed by atoms with E-state index in [1.54, 1.807) is 20.3 Å². The highest BCUT2D eigenvalue weighted by Crippen LogP contribution is 2.55. The van der Waals surface area contributed by atoms with Gasteiger partial charge in [-0.1, -0.05) is 11.6 Å². The largest absolute Gasteiger partial charge is 0.493 e. The number of methoxy groups -OCH3 is 2. The molecule has 17 heavy (non-hydrogen) atoms. The Morgan fingerprint density at radius 2 is 1.94 bits per heavy atom. The molecule has 0 saturated heterocycles. The second-order valence-corrected chi connectivity index (χ2v) is 5.07. The van der Waals surface area contributed by atoms with Gasteiger partial charge in [-0.05, 0) is 25.8 Å². The summed E-state index contributed by atoms with van der Waals surface area (Å²) in [4.78, 5) is 0. The average molecular weight is 256 g/mol. The number of rotatable bonds is 4. The van der Waals surface area contributed by atoms with Gasteiger partial charge in [-0.2, -0.15) is 0 Å². The molecule has 0 aromatic heterocycles. The maximum atomic E-state index is 6.12. The van der Waals surface area contributed by atoms with Crippen LogP contribution in [0.4, 0.5) is 0 Å². The van der Waals surface area contributed by atoms with E-state index in [-0.39, 0.29) is 11.5 Å². The van der Waals surface area contributed by atoms with Gasteiger partial charge < -0.3 is 15.2 Å². The van der Waals surface area contributed by atoms with Gasteiger partial charge in [-0.25, -0.2) is 0 Å². The van der Waals surface area contributed by atoms with Gasteiger partial charge >= 0.3 is 0 Å². The first-order chi connectivity index (χ1) is 8.05. The number of nitrogens with two attached hydrogens (primary N) is 1. The second kappa shape index (κ2) is 4.39. The van der Waals surface area contributed by atoms with E-state index < -0.39 is 0 Å². The van der Waals surface area contributed by atoms with Gasteiger partial charge in [-0.15, -0.1) is 0 Å². The summed E-state index contributed by atoms with van der Waals surface area (Å²) in [5.74, 6) is 1.42. The van der Waals surface area contributed by atoms with E-state index in [2.05, 4.69) is 0 Å². The molecule has 2 N–H and O–H groups in total. The summed E-state index contributed by atoms with van der Waals surface area (Å²) in [6, 6.07) is 3.79. The van der Waals surface area contributed by atoms with E-state index in [1.807, 2.05) is 13.0 Å². The summed E-state index contributed by atoms with van der Waals surface area (Å²) < 4.78 is 10.8. The van der Waals surface area contributed by atoms with Crippen LogP contribution in [0.1, 0.15) is 25.3 Å². The fourth-order valence-corrected chi connectivity index (χ4v) is 2.61. The Bertz CT molecular complexity index is 428. The third-order valence-corrected chi connectivity index (χ3v) is 3.86. The first-order valence-corrected chi connectivity index (χ1v) is 6.10. The minimum Gasteiger partial charge on any atom is -0.493 e. The second-order valence-electron chi connectivity index (χ2n) is 4.63. The Balaban J connectivity index is 2.56.